The summed E-state index contributed by atoms with van der Waals surface area (Å²) in [6.45, 7) is 3.36. The molecule has 1 aromatic heterocycles. The van der Waals surface area contributed by atoms with Crippen molar-refractivity contribution in [1.29, 1.82) is 0 Å². The first-order chi connectivity index (χ1) is 10.3. The summed E-state index contributed by atoms with van der Waals surface area (Å²) in [5, 5.41) is 0. The van der Waals surface area contributed by atoms with Gasteiger partial charge in [-0.05, 0) is 12.1 Å². The maximum absolute atomic E-state index is 5.98. The molecule has 0 radical (unpaired) electrons. The van der Waals surface area contributed by atoms with Crippen LogP contribution < -0.4 is 5.73 Å². The summed E-state index contributed by atoms with van der Waals surface area (Å²) in [6, 6.07) is 9.78. The molecule has 0 bridgehead atoms. The van der Waals surface area contributed by atoms with Gasteiger partial charge in [-0.2, -0.15) is 0 Å². The zero-order chi connectivity index (χ0) is 14.5. The Hall–Kier alpha value is -2.34. The zero-order valence-corrected chi connectivity index (χ0v) is 11.7. The van der Waals surface area contributed by atoms with E-state index >= 15 is 0 Å². The number of oxazole rings is 1. The van der Waals surface area contributed by atoms with E-state index in [0.717, 1.165) is 24.3 Å². The molecule has 0 amide bonds. The molecule has 21 heavy (non-hydrogen) atoms. The predicted molar refractivity (Wildman–Crippen MR) is 79.7 cm³/mol. The SMILES string of the molecule is NC(=NCc1coc(-c2ccccc2)n1)N1CCOCC1. The van der Waals surface area contributed by atoms with Gasteiger partial charge in [0.25, 0.3) is 0 Å². The van der Waals surface area contributed by atoms with Gasteiger partial charge in [0.1, 0.15) is 12.0 Å². The van der Waals surface area contributed by atoms with E-state index in [1.807, 2.05) is 35.2 Å². The summed E-state index contributed by atoms with van der Waals surface area (Å²) in [6.07, 6.45) is 1.62. The number of aromatic nitrogens is 1. The van der Waals surface area contributed by atoms with Gasteiger partial charge in [-0.25, -0.2) is 9.98 Å². The van der Waals surface area contributed by atoms with Crippen molar-refractivity contribution in [2.24, 2.45) is 10.7 Å². The van der Waals surface area contributed by atoms with E-state index in [1.165, 1.54) is 0 Å². The van der Waals surface area contributed by atoms with Gasteiger partial charge in [-0.15, -0.1) is 0 Å². The van der Waals surface area contributed by atoms with Crippen molar-refractivity contribution < 1.29 is 9.15 Å². The fraction of sp³-hybridized carbons (Fsp3) is 0.333. The summed E-state index contributed by atoms with van der Waals surface area (Å²) in [5.41, 5.74) is 7.70. The average Bonchev–Trinajstić information content (AvgIpc) is 3.03. The first-order valence-electron chi connectivity index (χ1n) is 6.95. The summed E-state index contributed by atoms with van der Waals surface area (Å²) in [5.74, 6) is 1.13. The van der Waals surface area contributed by atoms with Crippen molar-refractivity contribution in [3.05, 3.63) is 42.3 Å². The zero-order valence-electron chi connectivity index (χ0n) is 11.7. The van der Waals surface area contributed by atoms with Crippen molar-refractivity contribution in [3.63, 3.8) is 0 Å². The lowest BCUT2D eigenvalue weighted by Crippen LogP contribution is -2.44. The molecule has 1 aliphatic heterocycles. The smallest absolute Gasteiger partial charge is 0.226 e. The number of rotatable bonds is 3. The molecule has 1 aliphatic rings. The maximum atomic E-state index is 5.98. The number of nitrogens with zero attached hydrogens (tertiary/aromatic N) is 3. The van der Waals surface area contributed by atoms with E-state index in [4.69, 9.17) is 14.9 Å². The topological polar surface area (TPSA) is 76.9 Å². The second-order valence-electron chi connectivity index (χ2n) is 4.78. The highest BCUT2D eigenvalue weighted by molar-refractivity contribution is 5.78. The Morgan fingerprint density at radius 1 is 1.24 bits per heavy atom. The van der Waals surface area contributed by atoms with Crippen LogP contribution in [0.2, 0.25) is 0 Å². The first-order valence-corrected chi connectivity index (χ1v) is 6.95. The summed E-state index contributed by atoms with van der Waals surface area (Å²) in [7, 11) is 0. The molecule has 0 unspecified atom stereocenters. The number of aliphatic imine (C=N–C) groups is 1. The summed E-state index contributed by atoms with van der Waals surface area (Å²) in [4.78, 5) is 10.8. The lowest BCUT2D eigenvalue weighted by molar-refractivity contribution is 0.0674. The van der Waals surface area contributed by atoms with E-state index in [-0.39, 0.29) is 0 Å². The standard InChI is InChI=1S/C15H18N4O2/c16-15(19-6-8-20-9-7-19)17-10-13-11-21-14(18-13)12-4-2-1-3-5-12/h1-5,11H,6-10H2,(H2,16,17). The highest BCUT2D eigenvalue weighted by Crippen LogP contribution is 2.18. The fourth-order valence-corrected chi connectivity index (χ4v) is 2.15. The molecule has 0 spiro atoms. The van der Waals surface area contributed by atoms with Crippen LogP contribution in [0.4, 0.5) is 0 Å². The van der Waals surface area contributed by atoms with E-state index in [9.17, 15) is 0 Å². The monoisotopic (exact) mass is 286 g/mol. The van der Waals surface area contributed by atoms with Crippen molar-refractivity contribution in [2.45, 2.75) is 6.54 Å². The van der Waals surface area contributed by atoms with Crippen LogP contribution in [0.15, 0.2) is 46.0 Å². The van der Waals surface area contributed by atoms with E-state index in [0.29, 0.717) is 31.6 Å². The fourth-order valence-electron chi connectivity index (χ4n) is 2.15. The Labute approximate surface area is 123 Å². The molecular weight excluding hydrogens is 268 g/mol. The van der Waals surface area contributed by atoms with Gasteiger partial charge in [0.2, 0.25) is 5.89 Å². The molecule has 1 fully saturated rings. The van der Waals surface area contributed by atoms with Crippen LogP contribution in [0, 0.1) is 0 Å². The molecule has 1 aromatic carbocycles. The molecule has 6 nitrogen and oxygen atoms in total. The van der Waals surface area contributed by atoms with Crippen molar-refractivity contribution >= 4 is 5.96 Å². The molecule has 0 saturated carbocycles. The number of morpholine rings is 1. The normalized spacial score (nSPS) is 16.2. The van der Waals surface area contributed by atoms with E-state index < -0.39 is 0 Å². The Balaban J connectivity index is 1.64. The lowest BCUT2D eigenvalue weighted by atomic mass is 10.2. The van der Waals surface area contributed by atoms with Crippen LogP contribution in [0.1, 0.15) is 5.69 Å². The third-order valence-corrected chi connectivity index (χ3v) is 3.31. The molecule has 2 heterocycles. The molecule has 110 valence electrons. The largest absolute Gasteiger partial charge is 0.444 e. The molecule has 0 aliphatic carbocycles. The Morgan fingerprint density at radius 2 is 2.00 bits per heavy atom. The van der Waals surface area contributed by atoms with Crippen molar-refractivity contribution in [3.8, 4) is 11.5 Å². The highest BCUT2D eigenvalue weighted by atomic mass is 16.5. The quantitative estimate of drug-likeness (QED) is 0.683. The van der Waals surface area contributed by atoms with Crippen molar-refractivity contribution in [1.82, 2.24) is 9.88 Å². The molecule has 2 aromatic rings. The van der Waals surface area contributed by atoms with Crippen LogP contribution in [0.25, 0.3) is 11.5 Å². The average molecular weight is 286 g/mol. The minimum absolute atomic E-state index is 0.416. The number of benzene rings is 1. The van der Waals surface area contributed by atoms with Gasteiger partial charge in [-0.3, -0.25) is 0 Å². The number of ether oxygens (including phenoxy) is 1. The third kappa shape index (κ3) is 3.41. The molecule has 1 saturated heterocycles. The first kappa shape index (κ1) is 13.6. The lowest BCUT2D eigenvalue weighted by Gasteiger charge is -2.27. The Bertz CT molecular complexity index is 603. The van der Waals surface area contributed by atoms with Gasteiger partial charge in [0.05, 0.1) is 19.8 Å². The molecule has 3 rings (SSSR count). The third-order valence-electron chi connectivity index (χ3n) is 3.31. The van der Waals surface area contributed by atoms with E-state index in [2.05, 4.69) is 9.98 Å². The van der Waals surface area contributed by atoms with Crippen LogP contribution in [0.5, 0.6) is 0 Å². The molecule has 2 N–H and O–H groups in total. The summed E-state index contributed by atoms with van der Waals surface area (Å²) < 4.78 is 10.8. The van der Waals surface area contributed by atoms with Gasteiger partial charge in [0, 0.05) is 18.7 Å². The molecular formula is C15H18N4O2. The second-order valence-corrected chi connectivity index (χ2v) is 4.78. The van der Waals surface area contributed by atoms with E-state index in [1.54, 1.807) is 6.26 Å². The number of hydrogen-bond acceptors (Lipinski definition) is 4. The van der Waals surface area contributed by atoms with Gasteiger partial charge in [-0.1, -0.05) is 18.2 Å². The molecule has 0 atom stereocenters. The number of guanidine groups is 1. The second kappa shape index (κ2) is 6.41. The van der Waals surface area contributed by atoms with Crippen LogP contribution in [-0.4, -0.2) is 42.1 Å². The van der Waals surface area contributed by atoms with Crippen LogP contribution in [-0.2, 0) is 11.3 Å². The minimum atomic E-state index is 0.416. The Kier molecular flexibility index (Phi) is 4.16. The van der Waals surface area contributed by atoms with Gasteiger partial charge < -0.3 is 19.8 Å². The Morgan fingerprint density at radius 3 is 2.76 bits per heavy atom. The van der Waals surface area contributed by atoms with Crippen molar-refractivity contribution in [2.75, 3.05) is 26.3 Å². The molecule has 6 heteroatoms. The van der Waals surface area contributed by atoms with Gasteiger partial charge in [0.15, 0.2) is 5.96 Å². The maximum Gasteiger partial charge on any atom is 0.226 e. The predicted octanol–water partition coefficient (Wildman–Crippen LogP) is 1.49. The van der Waals surface area contributed by atoms with Gasteiger partial charge >= 0.3 is 0 Å². The minimum Gasteiger partial charge on any atom is -0.444 e. The highest BCUT2D eigenvalue weighted by Gasteiger charge is 2.12. The van der Waals surface area contributed by atoms with Crippen LogP contribution in [0.3, 0.4) is 0 Å². The van der Waals surface area contributed by atoms with Crippen LogP contribution >= 0.6 is 0 Å². The summed E-state index contributed by atoms with van der Waals surface area (Å²) >= 11 is 0. The number of nitrogens with two attached hydrogens (primary N) is 1. The number of hydrogen-bond donors (Lipinski definition) is 1.